The molecule has 182 valence electrons. The highest BCUT2D eigenvalue weighted by atomic mass is 16.5. The van der Waals surface area contributed by atoms with Crippen LogP contribution in [0.5, 0.6) is 5.88 Å². The molecule has 35 heavy (non-hydrogen) atoms. The molecule has 0 saturated carbocycles. The number of morpholine rings is 1. The third-order valence-corrected chi connectivity index (χ3v) is 5.31. The van der Waals surface area contributed by atoms with E-state index in [4.69, 9.17) is 9.47 Å². The van der Waals surface area contributed by atoms with Crippen LogP contribution < -0.4 is 20.3 Å². The summed E-state index contributed by atoms with van der Waals surface area (Å²) < 4.78 is 11.4. The summed E-state index contributed by atoms with van der Waals surface area (Å²) in [5.74, 6) is 0.504. The Morgan fingerprint density at radius 3 is 2.89 bits per heavy atom. The van der Waals surface area contributed by atoms with Crippen LogP contribution >= 0.6 is 0 Å². The van der Waals surface area contributed by atoms with Crippen LogP contribution in [-0.4, -0.2) is 61.7 Å². The van der Waals surface area contributed by atoms with Crippen molar-refractivity contribution in [2.24, 2.45) is 4.99 Å². The fraction of sp³-hybridized carbons (Fsp3) is 0.308. The number of hydrogen-bond acceptors (Lipinski definition) is 7. The van der Waals surface area contributed by atoms with E-state index in [1.807, 2.05) is 30.5 Å². The average Bonchev–Trinajstić information content (AvgIpc) is 2.88. The third kappa shape index (κ3) is 7.79. The quantitative estimate of drug-likeness (QED) is 0.364. The highest BCUT2D eigenvalue weighted by molar-refractivity contribution is 5.88. The number of benzene rings is 1. The molecule has 1 fully saturated rings. The average molecular weight is 475 g/mol. The van der Waals surface area contributed by atoms with Crippen molar-refractivity contribution in [1.82, 2.24) is 15.3 Å². The van der Waals surface area contributed by atoms with Crippen LogP contribution in [0.4, 0.5) is 16.2 Å². The molecule has 2 N–H and O–H groups in total. The zero-order valence-electron chi connectivity index (χ0n) is 19.8. The molecular weight excluding hydrogens is 444 g/mol. The van der Waals surface area contributed by atoms with Crippen molar-refractivity contribution < 1.29 is 14.3 Å². The van der Waals surface area contributed by atoms with Gasteiger partial charge in [-0.1, -0.05) is 29.8 Å². The second-order valence-corrected chi connectivity index (χ2v) is 8.11. The largest absolute Gasteiger partial charge is 0.476 e. The predicted molar refractivity (Wildman–Crippen MR) is 136 cm³/mol. The second-order valence-electron chi connectivity index (χ2n) is 8.11. The molecule has 9 nitrogen and oxygen atoms in total. The molecular formula is C26H30N6O3. The summed E-state index contributed by atoms with van der Waals surface area (Å²) in [6.07, 6.45) is 5.10. The lowest BCUT2D eigenvalue weighted by atomic mass is 10.1. The minimum atomic E-state index is -0.317. The molecule has 0 spiro atoms. The number of amides is 2. The first kappa shape index (κ1) is 24.2. The number of urea groups is 1. The van der Waals surface area contributed by atoms with Gasteiger partial charge in [0.25, 0.3) is 0 Å². The van der Waals surface area contributed by atoms with Gasteiger partial charge in [-0.2, -0.15) is 0 Å². The fourth-order valence-corrected chi connectivity index (χ4v) is 3.63. The number of carbonyl (C=O) groups is 1. The normalized spacial score (nSPS) is 13.6. The number of carbonyl (C=O) groups excluding carboxylic acids is 1. The van der Waals surface area contributed by atoms with E-state index in [0.717, 1.165) is 30.0 Å². The number of pyridine rings is 2. The summed E-state index contributed by atoms with van der Waals surface area (Å²) in [4.78, 5) is 27.5. The van der Waals surface area contributed by atoms with Crippen LogP contribution in [0.25, 0.3) is 0 Å². The number of aromatic nitrogens is 2. The smallest absolute Gasteiger partial charge is 0.319 e. The van der Waals surface area contributed by atoms with Crippen LogP contribution in [0.3, 0.4) is 0 Å². The lowest BCUT2D eigenvalue weighted by molar-refractivity contribution is 0.122. The van der Waals surface area contributed by atoms with Crippen molar-refractivity contribution in [3.8, 4) is 5.88 Å². The Hall–Kier alpha value is -3.98. The molecule has 0 unspecified atom stereocenters. The first-order valence-corrected chi connectivity index (χ1v) is 11.6. The van der Waals surface area contributed by atoms with Gasteiger partial charge in [0.05, 0.1) is 43.9 Å². The number of anilines is 2. The Labute approximate surface area is 205 Å². The molecule has 1 aromatic carbocycles. The Bertz CT molecular complexity index is 1130. The SMILES string of the molecule is Cc1cccc(C=NCc2cc(N3CCOCC3)cc(OCCNC(=O)Nc3cccnc3)n2)c1. The maximum absolute atomic E-state index is 12.0. The molecule has 1 aliphatic rings. The van der Waals surface area contributed by atoms with Crippen molar-refractivity contribution in [2.45, 2.75) is 13.5 Å². The molecule has 2 amide bonds. The zero-order valence-corrected chi connectivity index (χ0v) is 19.8. The maximum Gasteiger partial charge on any atom is 0.319 e. The van der Waals surface area contributed by atoms with Gasteiger partial charge in [0.2, 0.25) is 5.88 Å². The van der Waals surface area contributed by atoms with Gasteiger partial charge in [0.1, 0.15) is 6.61 Å². The third-order valence-electron chi connectivity index (χ3n) is 5.31. The fourth-order valence-electron chi connectivity index (χ4n) is 3.63. The van der Waals surface area contributed by atoms with E-state index in [1.54, 1.807) is 24.5 Å². The molecule has 1 aliphatic heterocycles. The van der Waals surface area contributed by atoms with E-state index in [1.165, 1.54) is 5.56 Å². The van der Waals surface area contributed by atoms with Gasteiger partial charge in [-0.25, -0.2) is 9.78 Å². The van der Waals surface area contributed by atoms with E-state index in [0.29, 0.717) is 37.9 Å². The summed E-state index contributed by atoms with van der Waals surface area (Å²) in [7, 11) is 0. The monoisotopic (exact) mass is 474 g/mol. The summed E-state index contributed by atoms with van der Waals surface area (Å²) in [6.45, 7) is 6.12. The summed E-state index contributed by atoms with van der Waals surface area (Å²) in [5.41, 5.74) is 4.72. The minimum absolute atomic E-state index is 0.284. The van der Waals surface area contributed by atoms with Gasteiger partial charge >= 0.3 is 6.03 Å². The van der Waals surface area contributed by atoms with Crippen LogP contribution in [0.15, 0.2) is 65.9 Å². The molecule has 0 aliphatic carbocycles. The summed E-state index contributed by atoms with van der Waals surface area (Å²) in [5, 5.41) is 5.49. The van der Waals surface area contributed by atoms with Gasteiger partial charge in [0, 0.05) is 37.3 Å². The number of rotatable bonds is 9. The Morgan fingerprint density at radius 1 is 1.20 bits per heavy atom. The number of aryl methyl sites for hydroxylation is 1. The van der Waals surface area contributed by atoms with Gasteiger partial charge in [0.15, 0.2) is 0 Å². The van der Waals surface area contributed by atoms with E-state index >= 15 is 0 Å². The van der Waals surface area contributed by atoms with Crippen LogP contribution in [0.1, 0.15) is 16.8 Å². The van der Waals surface area contributed by atoms with E-state index < -0.39 is 0 Å². The number of ether oxygens (including phenoxy) is 2. The van der Waals surface area contributed by atoms with Crippen LogP contribution in [0.2, 0.25) is 0 Å². The van der Waals surface area contributed by atoms with Crippen LogP contribution in [0, 0.1) is 6.92 Å². The van der Waals surface area contributed by atoms with Crippen molar-refractivity contribution in [1.29, 1.82) is 0 Å². The van der Waals surface area contributed by atoms with E-state index in [9.17, 15) is 4.79 Å². The summed E-state index contributed by atoms with van der Waals surface area (Å²) in [6, 6.07) is 15.4. The van der Waals surface area contributed by atoms with Gasteiger partial charge < -0.3 is 25.0 Å². The molecule has 0 bridgehead atoms. The number of hydrogen-bond donors (Lipinski definition) is 2. The van der Waals surface area contributed by atoms with E-state index in [2.05, 4.69) is 49.6 Å². The molecule has 0 atom stereocenters. The molecule has 0 radical (unpaired) electrons. The molecule has 2 aromatic heterocycles. The van der Waals surface area contributed by atoms with Crippen molar-refractivity contribution in [3.63, 3.8) is 0 Å². The van der Waals surface area contributed by atoms with Crippen molar-refractivity contribution in [2.75, 3.05) is 49.7 Å². The Morgan fingerprint density at radius 2 is 2.09 bits per heavy atom. The molecule has 3 heterocycles. The molecule has 9 heteroatoms. The molecule has 3 aromatic rings. The second kappa shape index (κ2) is 12.5. The van der Waals surface area contributed by atoms with Gasteiger partial charge in [-0.3, -0.25) is 9.98 Å². The Balaban J connectivity index is 1.36. The van der Waals surface area contributed by atoms with E-state index in [-0.39, 0.29) is 12.6 Å². The number of nitrogens with zero attached hydrogens (tertiary/aromatic N) is 4. The molecule has 4 rings (SSSR count). The van der Waals surface area contributed by atoms with Crippen molar-refractivity contribution >= 4 is 23.6 Å². The van der Waals surface area contributed by atoms with Crippen molar-refractivity contribution in [3.05, 3.63) is 77.7 Å². The lowest BCUT2D eigenvalue weighted by Crippen LogP contribution is -2.36. The van der Waals surface area contributed by atoms with Gasteiger partial charge in [-0.15, -0.1) is 0 Å². The molecule has 1 saturated heterocycles. The topological polar surface area (TPSA) is 101 Å². The summed E-state index contributed by atoms with van der Waals surface area (Å²) >= 11 is 0. The standard InChI is InChI=1S/C26H30N6O3/c1-20-4-2-5-21(14-20)17-28-19-23-15-24(32-9-12-34-13-10-32)16-25(30-23)35-11-8-29-26(33)31-22-6-3-7-27-18-22/h2-7,14-18H,8-13,19H2,1H3,(H2,29,31,33). The number of aliphatic imine (C=N–C) groups is 1. The zero-order chi connectivity index (χ0) is 24.3. The van der Waals surface area contributed by atoms with Crippen LogP contribution in [-0.2, 0) is 11.3 Å². The minimum Gasteiger partial charge on any atom is -0.476 e. The maximum atomic E-state index is 12.0. The Kier molecular flexibility index (Phi) is 8.61. The first-order chi connectivity index (χ1) is 17.2. The highest BCUT2D eigenvalue weighted by Crippen LogP contribution is 2.23. The predicted octanol–water partition coefficient (Wildman–Crippen LogP) is 3.44. The van der Waals surface area contributed by atoms with Gasteiger partial charge in [-0.05, 0) is 30.7 Å². The number of nitrogens with one attached hydrogen (secondary N) is 2. The highest BCUT2D eigenvalue weighted by Gasteiger charge is 2.14. The lowest BCUT2D eigenvalue weighted by Gasteiger charge is -2.29. The first-order valence-electron chi connectivity index (χ1n) is 11.6.